The van der Waals surface area contributed by atoms with Gasteiger partial charge in [-0.3, -0.25) is 0 Å². The van der Waals surface area contributed by atoms with Crippen LogP contribution < -0.4 is 4.57 Å². The standard InChI is InChI=1S/C20H21N2/c1-4-16-8-6-15(13-21)12-18(16)19-10-9-17-7-5-14(2)11-20(17)22(19)3/h5-10,12,14H,4,11H2,1-3H3/q+1. The zero-order valence-corrected chi connectivity index (χ0v) is 13.4. The highest BCUT2D eigenvalue weighted by Crippen LogP contribution is 2.27. The van der Waals surface area contributed by atoms with E-state index in [1.165, 1.54) is 28.1 Å². The summed E-state index contributed by atoms with van der Waals surface area (Å²) in [4.78, 5) is 0. The molecule has 0 aliphatic heterocycles. The van der Waals surface area contributed by atoms with Crippen LogP contribution >= 0.6 is 0 Å². The number of nitrogens with zero attached hydrogens (tertiary/aromatic N) is 2. The number of fused-ring (bicyclic) bond motifs is 1. The van der Waals surface area contributed by atoms with Crippen molar-refractivity contribution in [2.45, 2.75) is 26.7 Å². The van der Waals surface area contributed by atoms with E-state index in [2.05, 4.69) is 61.9 Å². The van der Waals surface area contributed by atoms with E-state index in [1.54, 1.807) is 0 Å². The largest absolute Gasteiger partial charge is 0.212 e. The minimum Gasteiger partial charge on any atom is -0.198 e. The Bertz CT molecular complexity index is 794. The summed E-state index contributed by atoms with van der Waals surface area (Å²) < 4.78 is 2.30. The lowest BCUT2D eigenvalue weighted by atomic mass is 9.92. The molecule has 0 saturated carbocycles. The van der Waals surface area contributed by atoms with Crippen LogP contribution in [0.2, 0.25) is 0 Å². The van der Waals surface area contributed by atoms with Crippen molar-refractivity contribution in [1.82, 2.24) is 0 Å². The Balaban J connectivity index is 2.20. The van der Waals surface area contributed by atoms with E-state index in [4.69, 9.17) is 0 Å². The molecule has 2 nitrogen and oxygen atoms in total. The minimum atomic E-state index is 0.574. The van der Waals surface area contributed by atoms with Crippen molar-refractivity contribution < 1.29 is 4.57 Å². The molecule has 1 aromatic heterocycles. The van der Waals surface area contributed by atoms with Crippen LogP contribution in [-0.2, 0) is 19.9 Å². The van der Waals surface area contributed by atoms with E-state index in [0.29, 0.717) is 5.92 Å². The molecule has 0 fully saturated rings. The van der Waals surface area contributed by atoms with Gasteiger partial charge in [0.2, 0.25) is 5.69 Å². The molecule has 0 bridgehead atoms. The molecule has 1 aliphatic rings. The van der Waals surface area contributed by atoms with Crippen molar-refractivity contribution in [3.63, 3.8) is 0 Å². The monoisotopic (exact) mass is 289 g/mol. The van der Waals surface area contributed by atoms with Gasteiger partial charge in [0.25, 0.3) is 0 Å². The zero-order valence-electron chi connectivity index (χ0n) is 13.4. The van der Waals surface area contributed by atoms with E-state index in [0.717, 1.165) is 18.4 Å². The third kappa shape index (κ3) is 2.44. The number of hydrogen-bond acceptors (Lipinski definition) is 1. The molecule has 2 aromatic rings. The fourth-order valence-electron chi connectivity index (χ4n) is 3.23. The number of pyridine rings is 1. The zero-order chi connectivity index (χ0) is 15.7. The number of benzene rings is 1. The number of nitriles is 1. The Hall–Kier alpha value is -2.40. The second-order valence-electron chi connectivity index (χ2n) is 6.06. The number of allylic oxidation sites excluding steroid dienone is 1. The van der Waals surface area contributed by atoms with Crippen molar-refractivity contribution in [3.05, 3.63) is 58.8 Å². The SMILES string of the molecule is CCc1ccc(C#N)cc1-c1ccc2c([n+]1C)CC(C)C=C2. The van der Waals surface area contributed by atoms with Crippen molar-refractivity contribution >= 4 is 6.08 Å². The maximum Gasteiger partial charge on any atom is 0.212 e. The van der Waals surface area contributed by atoms with Gasteiger partial charge in [-0.2, -0.15) is 9.83 Å². The van der Waals surface area contributed by atoms with Crippen molar-refractivity contribution in [2.24, 2.45) is 13.0 Å². The summed E-state index contributed by atoms with van der Waals surface area (Å²) in [7, 11) is 2.14. The van der Waals surface area contributed by atoms with Gasteiger partial charge in [0.1, 0.15) is 7.05 Å². The Morgan fingerprint density at radius 3 is 2.82 bits per heavy atom. The highest BCUT2D eigenvalue weighted by atomic mass is 15.0. The first-order valence-electron chi connectivity index (χ1n) is 7.87. The summed E-state index contributed by atoms with van der Waals surface area (Å²) in [6, 6.07) is 12.6. The Morgan fingerprint density at radius 1 is 1.27 bits per heavy atom. The lowest BCUT2D eigenvalue weighted by molar-refractivity contribution is -0.668. The quantitative estimate of drug-likeness (QED) is 0.772. The molecule has 2 heteroatoms. The molecule has 22 heavy (non-hydrogen) atoms. The molecular weight excluding hydrogens is 268 g/mol. The lowest BCUT2D eigenvalue weighted by Crippen LogP contribution is -2.38. The van der Waals surface area contributed by atoms with Crippen LogP contribution in [0.25, 0.3) is 17.3 Å². The van der Waals surface area contributed by atoms with Gasteiger partial charge in [-0.05, 0) is 36.1 Å². The smallest absolute Gasteiger partial charge is 0.198 e. The molecule has 0 spiro atoms. The highest BCUT2D eigenvalue weighted by molar-refractivity contribution is 5.65. The first kappa shape index (κ1) is 14.5. The number of aryl methyl sites for hydroxylation is 1. The third-order valence-electron chi connectivity index (χ3n) is 4.54. The maximum atomic E-state index is 9.20. The molecule has 0 radical (unpaired) electrons. The van der Waals surface area contributed by atoms with E-state index in [-0.39, 0.29) is 0 Å². The number of aromatic nitrogens is 1. The molecule has 1 heterocycles. The molecule has 1 aromatic carbocycles. The van der Waals surface area contributed by atoms with Crippen LogP contribution in [-0.4, -0.2) is 0 Å². The predicted molar refractivity (Wildman–Crippen MR) is 89.0 cm³/mol. The molecule has 3 rings (SSSR count). The molecule has 1 unspecified atom stereocenters. The van der Waals surface area contributed by atoms with E-state index >= 15 is 0 Å². The molecule has 0 saturated heterocycles. The minimum absolute atomic E-state index is 0.574. The van der Waals surface area contributed by atoms with Crippen molar-refractivity contribution in [3.8, 4) is 17.3 Å². The van der Waals surface area contributed by atoms with E-state index in [1.807, 2.05) is 12.1 Å². The van der Waals surface area contributed by atoms with Gasteiger partial charge in [-0.25, -0.2) is 0 Å². The lowest BCUT2D eigenvalue weighted by Gasteiger charge is -2.16. The molecule has 1 atom stereocenters. The van der Waals surface area contributed by atoms with Crippen molar-refractivity contribution in [1.29, 1.82) is 5.26 Å². The summed E-state index contributed by atoms with van der Waals surface area (Å²) in [5.41, 5.74) is 7.05. The molecular formula is C20H21N2+. The normalized spacial score (nSPS) is 16.2. The second kappa shape index (κ2) is 5.77. The van der Waals surface area contributed by atoms with Crippen molar-refractivity contribution in [2.75, 3.05) is 0 Å². The summed E-state index contributed by atoms with van der Waals surface area (Å²) in [5.74, 6) is 0.574. The summed E-state index contributed by atoms with van der Waals surface area (Å²) >= 11 is 0. The molecule has 110 valence electrons. The van der Waals surface area contributed by atoms with Gasteiger partial charge in [0.05, 0.1) is 17.2 Å². The van der Waals surface area contributed by atoms with Gasteiger partial charge >= 0.3 is 0 Å². The Labute approximate surface area is 132 Å². The topological polar surface area (TPSA) is 27.7 Å². The fraction of sp³-hybridized carbons (Fsp3) is 0.300. The fourth-order valence-corrected chi connectivity index (χ4v) is 3.23. The molecule has 0 amide bonds. The van der Waals surface area contributed by atoms with Gasteiger partial charge in [-0.15, -0.1) is 0 Å². The molecule has 0 N–H and O–H groups in total. The van der Waals surface area contributed by atoms with Crippen LogP contribution in [0.1, 0.15) is 36.2 Å². The first-order chi connectivity index (χ1) is 10.6. The van der Waals surface area contributed by atoms with E-state index in [9.17, 15) is 5.26 Å². The number of rotatable bonds is 2. The Morgan fingerprint density at radius 2 is 2.09 bits per heavy atom. The average Bonchev–Trinajstić information content (AvgIpc) is 2.55. The van der Waals surface area contributed by atoms with Gasteiger partial charge in [0, 0.05) is 18.1 Å². The summed E-state index contributed by atoms with van der Waals surface area (Å²) in [6.07, 6.45) is 6.53. The number of hydrogen-bond donors (Lipinski definition) is 0. The summed E-state index contributed by atoms with van der Waals surface area (Å²) in [5, 5.41) is 9.20. The third-order valence-corrected chi connectivity index (χ3v) is 4.54. The highest BCUT2D eigenvalue weighted by Gasteiger charge is 2.23. The van der Waals surface area contributed by atoms with E-state index < -0.39 is 0 Å². The average molecular weight is 289 g/mol. The van der Waals surface area contributed by atoms with Gasteiger partial charge in [0.15, 0.2) is 5.69 Å². The van der Waals surface area contributed by atoms with Crippen LogP contribution in [0.15, 0.2) is 36.4 Å². The van der Waals surface area contributed by atoms with Crippen LogP contribution in [0.3, 0.4) is 0 Å². The predicted octanol–water partition coefficient (Wildman–Crippen LogP) is 3.82. The summed E-state index contributed by atoms with van der Waals surface area (Å²) in [6.45, 7) is 4.41. The maximum absolute atomic E-state index is 9.20. The van der Waals surface area contributed by atoms with Crippen LogP contribution in [0.4, 0.5) is 0 Å². The van der Waals surface area contributed by atoms with Gasteiger partial charge < -0.3 is 0 Å². The second-order valence-corrected chi connectivity index (χ2v) is 6.06. The molecule has 1 aliphatic carbocycles. The Kier molecular flexibility index (Phi) is 3.81. The van der Waals surface area contributed by atoms with Gasteiger partial charge in [-0.1, -0.05) is 32.1 Å². The van der Waals surface area contributed by atoms with Crippen LogP contribution in [0, 0.1) is 17.2 Å². The first-order valence-corrected chi connectivity index (χ1v) is 7.87. The van der Waals surface area contributed by atoms with Crippen LogP contribution in [0.5, 0.6) is 0 Å².